The molecule has 1 aliphatic carbocycles. The van der Waals surface area contributed by atoms with E-state index >= 15 is 0 Å². The zero-order chi connectivity index (χ0) is 16.4. The van der Waals surface area contributed by atoms with Gasteiger partial charge in [0, 0.05) is 25.4 Å². The van der Waals surface area contributed by atoms with Crippen molar-refractivity contribution in [2.24, 2.45) is 7.05 Å². The van der Waals surface area contributed by atoms with Gasteiger partial charge in [-0.3, -0.25) is 9.59 Å². The van der Waals surface area contributed by atoms with Crippen LogP contribution in [0.2, 0.25) is 0 Å². The summed E-state index contributed by atoms with van der Waals surface area (Å²) in [7, 11) is 3.06. The number of carbonyl (C=O) groups excluding carboxylic acids is 1. The summed E-state index contributed by atoms with van der Waals surface area (Å²) in [6.45, 7) is 1.25. The number of aromatic nitrogens is 1. The maximum atomic E-state index is 12.5. The molecule has 2 fully saturated rings. The van der Waals surface area contributed by atoms with Gasteiger partial charge in [0.1, 0.15) is 5.75 Å². The van der Waals surface area contributed by atoms with Crippen LogP contribution in [0.5, 0.6) is 5.75 Å². The van der Waals surface area contributed by atoms with E-state index in [0.29, 0.717) is 18.8 Å². The number of rotatable bonds is 3. The SMILES string of the molecule is COc1cc(=O)n(C)cc1C(=O)N[C@@H]1CC[C@@H]2OCCO[C@@H]2C1. The van der Waals surface area contributed by atoms with E-state index in [1.165, 1.54) is 23.9 Å². The first-order chi connectivity index (χ1) is 11.1. The van der Waals surface area contributed by atoms with Crippen LogP contribution in [0.15, 0.2) is 17.1 Å². The molecule has 1 aromatic rings. The average molecular weight is 322 g/mol. The third-order valence-electron chi connectivity index (χ3n) is 4.47. The molecule has 1 N–H and O–H groups in total. The second kappa shape index (κ2) is 6.72. The van der Waals surface area contributed by atoms with Crippen molar-refractivity contribution < 1.29 is 19.0 Å². The fourth-order valence-corrected chi connectivity index (χ4v) is 3.21. The summed E-state index contributed by atoms with van der Waals surface area (Å²) in [5, 5.41) is 3.02. The van der Waals surface area contributed by atoms with E-state index in [1.54, 1.807) is 7.05 Å². The van der Waals surface area contributed by atoms with E-state index < -0.39 is 0 Å². The van der Waals surface area contributed by atoms with Crippen LogP contribution in [-0.2, 0) is 16.5 Å². The molecule has 23 heavy (non-hydrogen) atoms. The van der Waals surface area contributed by atoms with Crippen molar-refractivity contribution in [2.75, 3.05) is 20.3 Å². The molecule has 2 heterocycles. The number of carbonyl (C=O) groups is 1. The second-order valence-electron chi connectivity index (χ2n) is 6.01. The van der Waals surface area contributed by atoms with Gasteiger partial charge in [-0.05, 0) is 19.3 Å². The van der Waals surface area contributed by atoms with Crippen molar-refractivity contribution >= 4 is 5.91 Å². The number of hydrogen-bond donors (Lipinski definition) is 1. The van der Waals surface area contributed by atoms with Crippen molar-refractivity contribution in [3.63, 3.8) is 0 Å². The number of ether oxygens (including phenoxy) is 3. The molecule has 126 valence electrons. The molecule has 1 aliphatic heterocycles. The van der Waals surface area contributed by atoms with Crippen molar-refractivity contribution in [2.45, 2.75) is 37.5 Å². The minimum Gasteiger partial charge on any atom is -0.496 e. The standard InChI is InChI=1S/C16H22N2O5/c1-18-9-11(13(21-2)8-15(18)19)16(20)17-10-3-4-12-14(7-10)23-6-5-22-12/h8-10,12,14H,3-7H2,1-2H3,(H,17,20)/t10-,12+,14-/m1/s1. The van der Waals surface area contributed by atoms with E-state index in [4.69, 9.17) is 14.2 Å². The lowest BCUT2D eigenvalue weighted by molar-refractivity contribution is -0.157. The number of nitrogens with one attached hydrogen (secondary N) is 1. The normalized spacial score (nSPS) is 27.1. The summed E-state index contributed by atoms with van der Waals surface area (Å²) < 4.78 is 17.9. The lowest BCUT2D eigenvalue weighted by Crippen LogP contribution is -2.49. The Balaban J connectivity index is 1.70. The molecule has 3 atom stereocenters. The number of pyridine rings is 1. The van der Waals surface area contributed by atoms with E-state index in [2.05, 4.69) is 5.32 Å². The highest BCUT2D eigenvalue weighted by Crippen LogP contribution is 2.27. The number of hydrogen-bond acceptors (Lipinski definition) is 5. The smallest absolute Gasteiger partial charge is 0.256 e. The highest BCUT2D eigenvalue weighted by Gasteiger charge is 2.35. The maximum absolute atomic E-state index is 12.5. The molecule has 1 aromatic heterocycles. The molecule has 7 nitrogen and oxygen atoms in total. The zero-order valence-corrected chi connectivity index (χ0v) is 13.4. The van der Waals surface area contributed by atoms with Crippen molar-refractivity contribution in [1.82, 2.24) is 9.88 Å². The van der Waals surface area contributed by atoms with Crippen molar-refractivity contribution in [1.29, 1.82) is 0 Å². The maximum Gasteiger partial charge on any atom is 0.256 e. The van der Waals surface area contributed by atoms with Crippen LogP contribution in [-0.4, -0.2) is 49.0 Å². The summed E-state index contributed by atoms with van der Waals surface area (Å²) in [6, 6.07) is 1.36. The Bertz CT molecular complexity index is 642. The molecule has 1 saturated carbocycles. The first-order valence-corrected chi connectivity index (χ1v) is 7.87. The van der Waals surface area contributed by atoms with Crippen LogP contribution in [0.3, 0.4) is 0 Å². The third-order valence-corrected chi connectivity index (χ3v) is 4.47. The number of methoxy groups -OCH3 is 1. The lowest BCUT2D eigenvalue weighted by atomic mass is 9.89. The Morgan fingerprint density at radius 1 is 1.30 bits per heavy atom. The summed E-state index contributed by atoms with van der Waals surface area (Å²) >= 11 is 0. The molecule has 3 rings (SSSR count). The molecule has 1 amide bonds. The van der Waals surface area contributed by atoms with Gasteiger partial charge in [0.25, 0.3) is 11.5 Å². The molecule has 0 aromatic carbocycles. The van der Waals surface area contributed by atoms with Gasteiger partial charge in [-0.2, -0.15) is 0 Å². The van der Waals surface area contributed by atoms with Gasteiger partial charge in [0.2, 0.25) is 0 Å². The minimum absolute atomic E-state index is 0.0346. The Kier molecular flexibility index (Phi) is 4.68. The van der Waals surface area contributed by atoms with E-state index in [9.17, 15) is 9.59 Å². The Hall–Kier alpha value is -1.86. The Morgan fingerprint density at radius 2 is 2.04 bits per heavy atom. The summed E-state index contributed by atoms with van der Waals surface area (Å²) in [4.78, 5) is 24.2. The summed E-state index contributed by atoms with van der Waals surface area (Å²) in [6.07, 6.45) is 4.16. The molecule has 0 radical (unpaired) electrons. The van der Waals surface area contributed by atoms with E-state index in [0.717, 1.165) is 19.3 Å². The highest BCUT2D eigenvalue weighted by atomic mass is 16.6. The van der Waals surface area contributed by atoms with Gasteiger partial charge in [-0.25, -0.2) is 0 Å². The minimum atomic E-state index is -0.238. The Morgan fingerprint density at radius 3 is 2.78 bits per heavy atom. The molecule has 0 unspecified atom stereocenters. The molecular formula is C16H22N2O5. The topological polar surface area (TPSA) is 78.8 Å². The highest BCUT2D eigenvalue weighted by molar-refractivity contribution is 5.96. The van der Waals surface area contributed by atoms with Gasteiger partial charge in [-0.15, -0.1) is 0 Å². The first kappa shape index (κ1) is 16.0. The van der Waals surface area contributed by atoms with E-state index in [-0.39, 0.29) is 35.5 Å². The quantitative estimate of drug-likeness (QED) is 0.875. The largest absolute Gasteiger partial charge is 0.496 e. The fourth-order valence-electron chi connectivity index (χ4n) is 3.21. The zero-order valence-electron chi connectivity index (χ0n) is 13.4. The molecule has 1 saturated heterocycles. The van der Waals surface area contributed by atoms with Gasteiger partial charge < -0.3 is 24.1 Å². The van der Waals surface area contributed by atoms with Gasteiger partial charge in [0.05, 0.1) is 38.1 Å². The van der Waals surface area contributed by atoms with E-state index in [1.807, 2.05) is 0 Å². The van der Waals surface area contributed by atoms with Gasteiger partial charge >= 0.3 is 0 Å². The van der Waals surface area contributed by atoms with Crippen LogP contribution < -0.4 is 15.6 Å². The van der Waals surface area contributed by atoms with Gasteiger partial charge in [0.15, 0.2) is 0 Å². The number of aryl methyl sites for hydroxylation is 1. The number of fused-ring (bicyclic) bond motifs is 1. The molecule has 7 heteroatoms. The second-order valence-corrected chi connectivity index (χ2v) is 6.01. The first-order valence-electron chi connectivity index (χ1n) is 7.87. The number of nitrogens with zero attached hydrogens (tertiary/aromatic N) is 1. The summed E-state index contributed by atoms with van der Waals surface area (Å²) in [5.41, 5.74) is 0.143. The van der Waals surface area contributed by atoms with Crippen LogP contribution in [0.1, 0.15) is 29.6 Å². The molecule has 0 spiro atoms. The predicted octanol–water partition coefficient (Wildman–Crippen LogP) is 0.460. The Labute approximate surface area is 134 Å². The monoisotopic (exact) mass is 322 g/mol. The average Bonchev–Trinajstić information content (AvgIpc) is 2.56. The van der Waals surface area contributed by atoms with Crippen LogP contribution in [0.4, 0.5) is 0 Å². The van der Waals surface area contributed by atoms with Crippen molar-refractivity contribution in [3.8, 4) is 5.75 Å². The number of amides is 1. The van der Waals surface area contributed by atoms with Crippen LogP contribution >= 0.6 is 0 Å². The molecular weight excluding hydrogens is 300 g/mol. The third kappa shape index (κ3) is 3.40. The molecule has 0 bridgehead atoms. The van der Waals surface area contributed by atoms with Crippen LogP contribution in [0.25, 0.3) is 0 Å². The van der Waals surface area contributed by atoms with Crippen molar-refractivity contribution in [3.05, 3.63) is 28.2 Å². The summed E-state index contributed by atoms with van der Waals surface area (Å²) in [5.74, 6) is 0.0502. The lowest BCUT2D eigenvalue weighted by Gasteiger charge is -2.39. The van der Waals surface area contributed by atoms with Crippen LogP contribution in [0, 0.1) is 0 Å². The predicted molar refractivity (Wildman–Crippen MR) is 82.8 cm³/mol. The van der Waals surface area contributed by atoms with Gasteiger partial charge in [-0.1, -0.05) is 0 Å². The molecule has 2 aliphatic rings. The fraction of sp³-hybridized carbons (Fsp3) is 0.625.